The highest BCUT2D eigenvalue weighted by Crippen LogP contribution is 2.26. The normalized spacial score (nSPS) is 14.6. The minimum absolute atomic E-state index is 0.838. The van der Waals surface area contributed by atoms with Crippen LogP contribution in [0.4, 0.5) is 0 Å². The van der Waals surface area contributed by atoms with Crippen LogP contribution in [0.3, 0.4) is 0 Å². The monoisotopic (exact) mass is 308 g/mol. The third kappa shape index (κ3) is 8.04. The molecule has 0 bridgehead atoms. The first-order valence-electron chi connectivity index (χ1n) is 8.94. The molecule has 0 saturated heterocycles. The Hall–Kier alpha value is -0.300. The summed E-state index contributed by atoms with van der Waals surface area (Å²) in [4.78, 5) is 3.08. The van der Waals surface area contributed by atoms with Gasteiger partial charge in [-0.3, -0.25) is 0 Å². The van der Waals surface area contributed by atoms with Crippen LogP contribution in [0.15, 0.2) is 6.07 Å². The Morgan fingerprint density at radius 2 is 1.43 bits per heavy atom. The maximum Gasteiger partial charge on any atom is 0.00534 e. The fourth-order valence-electron chi connectivity index (χ4n) is 3.03. The molecule has 0 aromatic carbocycles. The van der Waals surface area contributed by atoms with E-state index in [0.29, 0.717) is 0 Å². The van der Waals surface area contributed by atoms with Gasteiger partial charge in [-0.2, -0.15) is 0 Å². The number of thiophene rings is 1. The molecule has 1 heteroatoms. The molecule has 2 unspecified atom stereocenters. The Bertz CT molecular complexity index is 369. The van der Waals surface area contributed by atoms with Crippen molar-refractivity contribution < 1.29 is 0 Å². The molecular formula is C20H36S. The molecule has 0 radical (unpaired) electrons. The molecule has 0 nitrogen and oxygen atoms in total. The molecule has 0 spiro atoms. The SMILES string of the molecule is Cc1cc(CC(C)CCCC(C)CCCC(C)C)sc1C. The molecule has 0 amide bonds. The van der Waals surface area contributed by atoms with Crippen molar-refractivity contribution in [1.82, 2.24) is 0 Å². The summed E-state index contributed by atoms with van der Waals surface area (Å²) in [6, 6.07) is 2.39. The van der Waals surface area contributed by atoms with Gasteiger partial charge in [-0.05, 0) is 49.7 Å². The van der Waals surface area contributed by atoms with Crippen molar-refractivity contribution in [1.29, 1.82) is 0 Å². The number of rotatable bonds is 10. The molecule has 1 aromatic rings. The van der Waals surface area contributed by atoms with E-state index in [-0.39, 0.29) is 0 Å². The second kappa shape index (κ2) is 9.66. The van der Waals surface area contributed by atoms with E-state index >= 15 is 0 Å². The average Bonchev–Trinajstić information content (AvgIpc) is 2.67. The van der Waals surface area contributed by atoms with Gasteiger partial charge in [0.2, 0.25) is 0 Å². The largest absolute Gasteiger partial charge is 0.145 e. The number of aryl methyl sites for hydroxylation is 2. The first-order valence-corrected chi connectivity index (χ1v) is 9.76. The second-order valence-corrected chi connectivity index (χ2v) is 8.96. The Morgan fingerprint density at radius 1 is 0.857 bits per heavy atom. The molecule has 1 rings (SSSR count). The maximum absolute atomic E-state index is 2.44. The van der Waals surface area contributed by atoms with E-state index in [1.54, 1.807) is 4.88 Å². The molecule has 21 heavy (non-hydrogen) atoms. The van der Waals surface area contributed by atoms with Gasteiger partial charge in [0.15, 0.2) is 0 Å². The lowest BCUT2D eigenvalue weighted by Crippen LogP contribution is -2.01. The van der Waals surface area contributed by atoms with Gasteiger partial charge in [-0.1, -0.05) is 66.2 Å². The van der Waals surface area contributed by atoms with Crippen LogP contribution in [-0.2, 0) is 6.42 Å². The molecule has 0 fully saturated rings. The summed E-state index contributed by atoms with van der Waals surface area (Å²) in [5.41, 5.74) is 1.47. The van der Waals surface area contributed by atoms with Crippen LogP contribution in [0.1, 0.15) is 81.5 Å². The van der Waals surface area contributed by atoms with Crippen LogP contribution in [0, 0.1) is 31.6 Å². The van der Waals surface area contributed by atoms with E-state index in [9.17, 15) is 0 Å². The van der Waals surface area contributed by atoms with Gasteiger partial charge in [-0.15, -0.1) is 11.3 Å². The van der Waals surface area contributed by atoms with Crippen LogP contribution in [0.25, 0.3) is 0 Å². The number of hydrogen-bond donors (Lipinski definition) is 0. The second-order valence-electron chi connectivity index (χ2n) is 7.62. The van der Waals surface area contributed by atoms with Crippen molar-refractivity contribution in [3.63, 3.8) is 0 Å². The summed E-state index contributed by atoms with van der Waals surface area (Å²) in [7, 11) is 0. The first-order chi connectivity index (χ1) is 9.88. The lowest BCUT2D eigenvalue weighted by molar-refractivity contribution is 0.400. The molecule has 0 N–H and O–H groups in total. The lowest BCUT2D eigenvalue weighted by atomic mass is 9.92. The standard InChI is InChI=1S/C20H36S/c1-15(2)9-7-10-16(3)11-8-12-17(4)13-20-14-18(5)19(6)21-20/h14-17H,7-13H2,1-6H3. The molecule has 0 aliphatic rings. The molecule has 2 atom stereocenters. The number of hydrogen-bond acceptors (Lipinski definition) is 1. The van der Waals surface area contributed by atoms with Crippen LogP contribution in [0.5, 0.6) is 0 Å². The summed E-state index contributed by atoms with van der Waals surface area (Å²) in [5, 5.41) is 0. The van der Waals surface area contributed by atoms with Gasteiger partial charge >= 0.3 is 0 Å². The minimum atomic E-state index is 0.838. The summed E-state index contributed by atoms with van der Waals surface area (Å²) in [6.07, 6.45) is 9.75. The Morgan fingerprint density at radius 3 is 1.95 bits per heavy atom. The van der Waals surface area contributed by atoms with Crippen LogP contribution >= 0.6 is 11.3 Å². The molecule has 1 aromatic heterocycles. The van der Waals surface area contributed by atoms with Gasteiger partial charge in [0.25, 0.3) is 0 Å². The summed E-state index contributed by atoms with van der Waals surface area (Å²) in [6.45, 7) is 14.0. The zero-order valence-electron chi connectivity index (χ0n) is 15.2. The van der Waals surface area contributed by atoms with Gasteiger partial charge in [0, 0.05) is 9.75 Å². The van der Waals surface area contributed by atoms with E-state index in [1.807, 2.05) is 11.3 Å². The highest BCUT2D eigenvalue weighted by atomic mass is 32.1. The van der Waals surface area contributed by atoms with Crippen LogP contribution < -0.4 is 0 Å². The van der Waals surface area contributed by atoms with Crippen molar-refractivity contribution in [2.24, 2.45) is 17.8 Å². The molecular weight excluding hydrogens is 272 g/mol. The lowest BCUT2D eigenvalue weighted by Gasteiger charge is -2.14. The Balaban J connectivity index is 2.14. The summed E-state index contributed by atoms with van der Waals surface area (Å²) >= 11 is 2.00. The fourth-order valence-corrected chi connectivity index (χ4v) is 4.25. The predicted molar refractivity (Wildman–Crippen MR) is 98.4 cm³/mol. The van der Waals surface area contributed by atoms with Gasteiger partial charge in [0.05, 0.1) is 0 Å². The zero-order chi connectivity index (χ0) is 15.8. The Kier molecular flexibility index (Phi) is 8.63. The fraction of sp³-hybridized carbons (Fsp3) is 0.800. The molecule has 0 aliphatic carbocycles. The summed E-state index contributed by atoms with van der Waals surface area (Å²) in [5.74, 6) is 2.63. The van der Waals surface area contributed by atoms with Crippen LogP contribution in [-0.4, -0.2) is 0 Å². The van der Waals surface area contributed by atoms with Crippen molar-refractivity contribution >= 4 is 11.3 Å². The Labute approximate surface area is 137 Å². The topological polar surface area (TPSA) is 0 Å². The van der Waals surface area contributed by atoms with E-state index in [0.717, 1.165) is 17.8 Å². The van der Waals surface area contributed by atoms with Crippen molar-refractivity contribution in [3.8, 4) is 0 Å². The van der Waals surface area contributed by atoms with Crippen molar-refractivity contribution in [3.05, 3.63) is 21.4 Å². The van der Waals surface area contributed by atoms with Gasteiger partial charge < -0.3 is 0 Å². The quantitative estimate of drug-likeness (QED) is 0.429. The zero-order valence-corrected chi connectivity index (χ0v) is 16.0. The van der Waals surface area contributed by atoms with Crippen molar-refractivity contribution in [2.75, 3.05) is 0 Å². The minimum Gasteiger partial charge on any atom is -0.145 e. The molecule has 0 saturated carbocycles. The predicted octanol–water partition coefficient (Wildman–Crippen LogP) is 7.18. The third-order valence-corrected chi connectivity index (χ3v) is 5.81. The highest BCUT2D eigenvalue weighted by Gasteiger charge is 2.09. The van der Waals surface area contributed by atoms with E-state index in [1.165, 1.54) is 55.4 Å². The van der Waals surface area contributed by atoms with E-state index in [2.05, 4.69) is 47.6 Å². The van der Waals surface area contributed by atoms with E-state index in [4.69, 9.17) is 0 Å². The third-order valence-electron chi connectivity index (χ3n) is 4.64. The molecule has 0 aliphatic heterocycles. The van der Waals surface area contributed by atoms with Gasteiger partial charge in [-0.25, -0.2) is 0 Å². The molecule has 122 valence electrons. The van der Waals surface area contributed by atoms with Crippen molar-refractivity contribution in [2.45, 2.75) is 86.5 Å². The average molecular weight is 309 g/mol. The smallest absolute Gasteiger partial charge is 0.00534 e. The van der Waals surface area contributed by atoms with Gasteiger partial charge in [0.1, 0.15) is 0 Å². The molecule has 1 heterocycles. The van der Waals surface area contributed by atoms with Crippen LogP contribution in [0.2, 0.25) is 0 Å². The van der Waals surface area contributed by atoms with E-state index < -0.39 is 0 Å². The highest BCUT2D eigenvalue weighted by molar-refractivity contribution is 7.12. The first kappa shape index (κ1) is 18.7. The summed E-state index contributed by atoms with van der Waals surface area (Å²) < 4.78 is 0. The maximum atomic E-state index is 2.44.